The lowest BCUT2D eigenvalue weighted by Crippen LogP contribution is -2.13. The van der Waals surface area contributed by atoms with Gasteiger partial charge in [0.05, 0.1) is 27.9 Å². The predicted octanol–water partition coefficient (Wildman–Crippen LogP) is 2.88. The molecule has 0 saturated carbocycles. The van der Waals surface area contributed by atoms with Crippen LogP contribution in [0.1, 0.15) is 28.9 Å². The summed E-state index contributed by atoms with van der Waals surface area (Å²) in [6, 6.07) is 6.75. The second-order valence-electron chi connectivity index (χ2n) is 4.97. The number of aromatic amines is 1. The van der Waals surface area contributed by atoms with E-state index in [1.807, 2.05) is 6.92 Å². The molecule has 1 aromatic carbocycles. The van der Waals surface area contributed by atoms with E-state index in [0.29, 0.717) is 21.9 Å². The van der Waals surface area contributed by atoms with Gasteiger partial charge in [-0.15, -0.1) is 0 Å². The lowest BCUT2D eigenvalue weighted by molar-refractivity contribution is 0.102. The number of pyridine rings is 1. The molecule has 6 nitrogen and oxygen atoms in total. The van der Waals surface area contributed by atoms with Gasteiger partial charge in [0.2, 0.25) is 0 Å². The third kappa shape index (κ3) is 2.66. The monoisotopic (exact) mass is 315 g/mol. The van der Waals surface area contributed by atoms with Crippen molar-refractivity contribution in [3.8, 4) is 0 Å². The molecule has 0 saturated heterocycles. The molecule has 2 aromatic heterocycles. The first-order chi connectivity index (χ1) is 10.6. The van der Waals surface area contributed by atoms with Gasteiger partial charge in [-0.3, -0.25) is 9.89 Å². The van der Waals surface area contributed by atoms with Gasteiger partial charge in [-0.1, -0.05) is 17.7 Å². The van der Waals surface area contributed by atoms with E-state index in [1.165, 1.54) is 0 Å². The van der Waals surface area contributed by atoms with Gasteiger partial charge in [-0.25, -0.2) is 4.98 Å². The Bertz CT molecular complexity index is 843. The highest BCUT2D eigenvalue weighted by molar-refractivity contribution is 6.34. The molecule has 1 amide bonds. The van der Waals surface area contributed by atoms with Crippen LogP contribution < -0.4 is 11.1 Å². The van der Waals surface area contributed by atoms with Crippen molar-refractivity contribution >= 4 is 34.2 Å². The van der Waals surface area contributed by atoms with E-state index >= 15 is 0 Å². The fourth-order valence-corrected chi connectivity index (χ4v) is 2.42. The van der Waals surface area contributed by atoms with Crippen LogP contribution in [-0.4, -0.2) is 21.1 Å². The standard InChI is InChI=1S/C15H14ClN5O/c1-8(17)9-2-3-10(12(16)6-9)15(22)20-13-4-5-18-14-11(13)7-19-21-14/h2-8H,17H2,1H3,(H2,18,19,20,21,22). The van der Waals surface area contributed by atoms with Crippen LogP contribution in [0.15, 0.2) is 36.7 Å². The van der Waals surface area contributed by atoms with Crippen LogP contribution in [0.3, 0.4) is 0 Å². The van der Waals surface area contributed by atoms with E-state index < -0.39 is 0 Å². The summed E-state index contributed by atoms with van der Waals surface area (Å²) in [6.45, 7) is 1.86. The van der Waals surface area contributed by atoms with Gasteiger partial charge in [-0.05, 0) is 30.7 Å². The molecular weight excluding hydrogens is 302 g/mol. The van der Waals surface area contributed by atoms with Crippen molar-refractivity contribution in [2.24, 2.45) is 5.73 Å². The maximum Gasteiger partial charge on any atom is 0.257 e. The number of carbonyl (C=O) groups is 1. The van der Waals surface area contributed by atoms with Gasteiger partial charge in [-0.2, -0.15) is 5.10 Å². The summed E-state index contributed by atoms with van der Waals surface area (Å²) in [5.41, 5.74) is 8.30. The lowest BCUT2D eigenvalue weighted by atomic mass is 10.1. The molecule has 2 heterocycles. The van der Waals surface area contributed by atoms with E-state index in [0.717, 1.165) is 10.9 Å². The second-order valence-corrected chi connectivity index (χ2v) is 5.38. The highest BCUT2D eigenvalue weighted by atomic mass is 35.5. The normalized spacial score (nSPS) is 12.3. The predicted molar refractivity (Wildman–Crippen MR) is 85.9 cm³/mol. The minimum atomic E-state index is -0.296. The molecule has 0 spiro atoms. The Morgan fingerprint density at radius 1 is 1.41 bits per heavy atom. The van der Waals surface area contributed by atoms with Gasteiger partial charge >= 0.3 is 0 Å². The fraction of sp³-hybridized carbons (Fsp3) is 0.133. The van der Waals surface area contributed by atoms with E-state index in [-0.39, 0.29) is 11.9 Å². The second kappa shape index (κ2) is 5.75. The van der Waals surface area contributed by atoms with Crippen LogP contribution in [0.5, 0.6) is 0 Å². The molecule has 3 aromatic rings. The van der Waals surface area contributed by atoms with E-state index in [4.69, 9.17) is 17.3 Å². The number of hydrogen-bond donors (Lipinski definition) is 3. The SMILES string of the molecule is CC(N)c1ccc(C(=O)Nc2ccnc3[nH]ncc23)c(Cl)c1. The van der Waals surface area contributed by atoms with E-state index in [2.05, 4.69) is 20.5 Å². The Morgan fingerprint density at radius 3 is 2.95 bits per heavy atom. The first-order valence-corrected chi connectivity index (χ1v) is 7.08. The zero-order valence-electron chi connectivity index (χ0n) is 11.8. The van der Waals surface area contributed by atoms with Crippen molar-refractivity contribution in [2.45, 2.75) is 13.0 Å². The number of nitrogens with zero attached hydrogens (tertiary/aromatic N) is 2. The summed E-state index contributed by atoms with van der Waals surface area (Å²) in [5, 5.41) is 10.6. The highest BCUT2D eigenvalue weighted by Crippen LogP contribution is 2.24. The van der Waals surface area contributed by atoms with Crippen LogP contribution >= 0.6 is 11.6 Å². The number of amides is 1. The molecule has 0 bridgehead atoms. The van der Waals surface area contributed by atoms with E-state index in [9.17, 15) is 4.79 Å². The molecule has 0 fully saturated rings. The van der Waals surface area contributed by atoms with Crippen LogP contribution in [-0.2, 0) is 0 Å². The lowest BCUT2D eigenvalue weighted by Gasteiger charge is -2.10. The maximum atomic E-state index is 12.4. The topological polar surface area (TPSA) is 96.7 Å². The van der Waals surface area contributed by atoms with Gasteiger partial charge in [0.25, 0.3) is 5.91 Å². The van der Waals surface area contributed by atoms with Gasteiger partial charge in [0.15, 0.2) is 5.65 Å². The Balaban J connectivity index is 1.90. The maximum absolute atomic E-state index is 12.4. The largest absolute Gasteiger partial charge is 0.324 e. The van der Waals surface area contributed by atoms with Crippen LogP contribution in [0.4, 0.5) is 5.69 Å². The Labute approximate surface area is 131 Å². The number of fused-ring (bicyclic) bond motifs is 1. The average Bonchev–Trinajstić information content (AvgIpc) is 2.96. The number of nitrogens with two attached hydrogens (primary N) is 1. The smallest absolute Gasteiger partial charge is 0.257 e. The number of H-pyrrole nitrogens is 1. The van der Waals surface area contributed by atoms with Crippen molar-refractivity contribution in [1.82, 2.24) is 15.2 Å². The molecule has 0 aliphatic rings. The summed E-state index contributed by atoms with van der Waals surface area (Å²) in [6.07, 6.45) is 3.20. The molecule has 4 N–H and O–H groups in total. The Kier molecular flexibility index (Phi) is 3.79. The number of nitrogens with one attached hydrogen (secondary N) is 2. The number of benzene rings is 1. The molecular formula is C15H14ClN5O. The molecule has 7 heteroatoms. The first-order valence-electron chi connectivity index (χ1n) is 6.70. The van der Waals surface area contributed by atoms with Gasteiger partial charge < -0.3 is 11.1 Å². The number of rotatable bonds is 3. The third-order valence-corrected chi connectivity index (χ3v) is 3.68. The Morgan fingerprint density at radius 2 is 2.23 bits per heavy atom. The molecule has 3 rings (SSSR count). The van der Waals surface area contributed by atoms with E-state index in [1.54, 1.807) is 36.7 Å². The third-order valence-electron chi connectivity index (χ3n) is 3.37. The van der Waals surface area contributed by atoms with Crippen LogP contribution in [0, 0.1) is 0 Å². The highest BCUT2D eigenvalue weighted by Gasteiger charge is 2.14. The van der Waals surface area contributed by atoms with Gasteiger partial charge in [0.1, 0.15) is 0 Å². The van der Waals surface area contributed by atoms with Crippen LogP contribution in [0.25, 0.3) is 11.0 Å². The number of anilines is 1. The van der Waals surface area contributed by atoms with Crippen molar-refractivity contribution in [1.29, 1.82) is 0 Å². The molecule has 0 aliphatic heterocycles. The fourth-order valence-electron chi connectivity index (χ4n) is 2.15. The van der Waals surface area contributed by atoms with Crippen molar-refractivity contribution < 1.29 is 4.79 Å². The summed E-state index contributed by atoms with van der Waals surface area (Å²) in [5.74, 6) is -0.296. The minimum Gasteiger partial charge on any atom is -0.324 e. The first kappa shape index (κ1) is 14.5. The molecule has 22 heavy (non-hydrogen) atoms. The summed E-state index contributed by atoms with van der Waals surface area (Å²) < 4.78 is 0. The summed E-state index contributed by atoms with van der Waals surface area (Å²) >= 11 is 6.18. The number of aromatic nitrogens is 3. The molecule has 0 aliphatic carbocycles. The zero-order valence-corrected chi connectivity index (χ0v) is 12.6. The number of halogens is 1. The summed E-state index contributed by atoms with van der Waals surface area (Å²) in [4.78, 5) is 16.5. The molecule has 1 unspecified atom stereocenters. The van der Waals surface area contributed by atoms with Crippen molar-refractivity contribution in [3.05, 3.63) is 52.8 Å². The minimum absolute atomic E-state index is 0.139. The molecule has 0 radical (unpaired) electrons. The summed E-state index contributed by atoms with van der Waals surface area (Å²) in [7, 11) is 0. The molecule has 1 atom stereocenters. The van der Waals surface area contributed by atoms with Crippen molar-refractivity contribution in [3.63, 3.8) is 0 Å². The zero-order chi connectivity index (χ0) is 15.7. The average molecular weight is 316 g/mol. The quantitative estimate of drug-likeness (QED) is 0.692. The van der Waals surface area contributed by atoms with Crippen LogP contribution in [0.2, 0.25) is 5.02 Å². The number of hydrogen-bond acceptors (Lipinski definition) is 4. The van der Waals surface area contributed by atoms with Crippen molar-refractivity contribution in [2.75, 3.05) is 5.32 Å². The van der Waals surface area contributed by atoms with Gasteiger partial charge in [0, 0.05) is 12.2 Å². The number of carbonyl (C=O) groups excluding carboxylic acids is 1. The Hall–Kier alpha value is -2.44. The molecule has 112 valence electrons.